The molecule has 1 aromatic carbocycles. The average Bonchev–Trinajstić information content (AvgIpc) is 2.52. The second kappa shape index (κ2) is 6.96. The predicted molar refractivity (Wildman–Crippen MR) is 91.6 cm³/mol. The van der Waals surface area contributed by atoms with Crippen molar-refractivity contribution in [2.45, 2.75) is 25.4 Å². The monoisotopic (exact) mass is 369 g/mol. The quantitative estimate of drug-likeness (QED) is 0.483. The van der Waals surface area contributed by atoms with E-state index in [2.05, 4.69) is 4.98 Å². The number of fused-ring (bicyclic) bond motifs is 2. The van der Waals surface area contributed by atoms with Gasteiger partial charge in [-0.2, -0.15) is 13.2 Å². The summed E-state index contributed by atoms with van der Waals surface area (Å²) < 4.78 is 41.7. The van der Waals surface area contributed by atoms with Gasteiger partial charge < -0.3 is 9.72 Å². The highest BCUT2D eigenvalue weighted by molar-refractivity contribution is 6.31. The Balaban J connectivity index is 1.78. The van der Waals surface area contributed by atoms with Crippen molar-refractivity contribution in [3.8, 4) is 17.0 Å². The lowest BCUT2D eigenvalue weighted by Crippen LogP contribution is -2.10. The number of H-pyrrole nitrogens is 1. The molecule has 0 aromatic heterocycles. The van der Waals surface area contributed by atoms with Crippen LogP contribution in [0.15, 0.2) is 41.2 Å². The summed E-state index contributed by atoms with van der Waals surface area (Å²) in [7, 11) is 0. The molecule has 1 aromatic rings. The minimum atomic E-state index is -4.15. The molecule has 0 amide bonds. The van der Waals surface area contributed by atoms with Gasteiger partial charge in [0.2, 0.25) is 0 Å². The lowest BCUT2D eigenvalue weighted by atomic mass is 10.1. The molecular formula is C18H15ClF3NO2. The number of aromatic amines is 1. The van der Waals surface area contributed by atoms with Crippen LogP contribution in [0.3, 0.4) is 0 Å². The Labute approximate surface area is 146 Å². The average molecular weight is 370 g/mol. The van der Waals surface area contributed by atoms with E-state index < -0.39 is 12.6 Å². The molecule has 0 atom stereocenters. The van der Waals surface area contributed by atoms with Gasteiger partial charge in [-0.05, 0) is 36.4 Å². The largest absolute Gasteiger partial charge is 0.493 e. The number of benzene rings is 2. The van der Waals surface area contributed by atoms with Gasteiger partial charge >= 0.3 is 6.18 Å². The summed E-state index contributed by atoms with van der Waals surface area (Å²) in [4.78, 5) is 15.4. The first-order valence-corrected chi connectivity index (χ1v) is 8.15. The molecule has 25 heavy (non-hydrogen) atoms. The van der Waals surface area contributed by atoms with Crippen LogP contribution in [0.2, 0.25) is 5.02 Å². The molecule has 3 nitrogen and oxygen atoms in total. The Morgan fingerprint density at radius 2 is 1.88 bits per heavy atom. The van der Waals surface area contributed by atoms with Gasteiger partial charge in [-0.1, -0.05) is 17.7 Å². The van der Waals surface area contributed by atoms with Crippen LogP contribution in [0.1, 0.15) is 19.3 Å². The first kappa shape index (κ1) is 17.6. The van der Waals surface area contributed by atoms with Crippen LogP contribution >= 0.6 is 11.6 Å². The Morgan fingerprint density at radius 3 is 2.64 bits per heavy atom. The third-order valence-electron chi connectivity index (χ3n) is 3.82. The molecule has 0 bridgehead atoms. The molecule has 1 aliphatic carbocycles. The second-order valence-electron chi connectivity index (χ2n) is 5.80. The number of aromatic nitrogens is 1. The number of unbranched alkanes of at least 4 members (excludes halogenated alkanes) is 1. The first-order chi connectivity index (χ1) is 11.8. The molecule has 3 rings (SSSR count). The van der Waals surface area contributed by atoms with Crippen LogP contribution in [0.25, 0.3) is 22.2 Å². The summed E-state index contributed by atoms with van der Waals surface area (Å²) in [5.74, 6) is 0.335. The summed E-state index contributed by atoms with van der Waals surface area (Å²) in [6.45, 7) is 0.125. The van der Waals surface area contributed by atoms with E-state index in [1.807, 2.05) is 6.07 Å². The number of pyridine rings is 1. The van der Waals surface area contributed by atoms with E-state index in [9.17, 15) is 18.0 Å². The maximum atomic E-state index is 12.3. The van der Waals surface area contributed by atoms with Crippen molar-refractivity contribution in [2.24, 2.45) is 0 Å². The molecule has 0 spiro atoms. The number of ether oxygens (including phenoxy) is 1. The molecule has 7 heteroatoms. The molecule has 2 aliphatic rings. The normalized spacial score (nSPS) is 12.0. The minimum Gasteiger partial charge on any atom is -0.493 e. The summed E-state index contributed by atoms with van der Waals surface area (Å²) in [5, 5.41) is 1.43. The van der Waals surface area contributed by atoms with E-state index in [-0.39, 0.29) is 24.9 Å². The fourth-order valence-electron chi connectivity index (χ4n) is 2.62. The predicted octanol–water partition coefficient (Wildman–Crippen LogP) is 5.40. The summed E-state index contributed by atoms with van der Waals surface area (Å²) in [5.41, 5.74) is 1.67. The van der Waals surface area contributed by atoms with Crippen molar-refractivity contribution in [2.75, 3.05) is 6.61 Å². The van der Waals surface area contributed by atoms with E-state index in [1.165, 1.54) is 6.07 Å². The van der Waals surface area contributed by atoms with Crippen molar-refractivity contribution in [1.82, 2.24) is 4.98 Å². The van der Waals surface area contributed by atoms with Crippen LogP contribution in [-0.2, 0) is 0 Å². The van der Waals surface area contributed by atoms with Crippen molar-refractivity contribution < 1.29 is 17.9 Å². The Kier molecular flexibility index (Phi) is 4.90. The zero-order chi connectivity index (χ0) is 18.0. The van der Waals surface area contributed by atoms with Crippen molar-refractivity contribution in [1.29, 1.82) is 0 Å². The van der Waals surface area contributed by atoms with E-state index in [1.54, 1.807) is 24.3 Å². The summed E-state index contributed by atoms with van der Waals surface area (Å²) in [6, 6.07) is 10.1. The van der Waals surface area contributed by atoms with Gasteiger partial charge in [0, 0.05) is 34.7 Å². The molecule has 0 saturated heterocycles. The molecule has 0 radical (unpaired) electrons. The number of hydrogen-bond donors (Lipinski definition) is 1. The van der Waals surface area contributed by atoms with Crippen LogP contribution in [0.5, 0.6) is 5.75 Å². The molecule has 1 heterocycles. The highest BCUT2D eigenvalue weighted by Gasteiger charge is 2.25. The second-order valence-corrected chi connectivity index (χ2v) is 6.24. The van der Waals surface area contributed by atoms with Crippen molar-refractivity contribution in [3.05, 3.63) is 51.6 Å². The molecule has 0 unspecified atom stereocenters. The lowest BCUT2D eigenvalue weighted by molar-refractivity contribution is -0.135. The molecule has 1 N–H and O–H groups in total. The van der Waals surface area contributed by atoms with Gasteiger partial charge in [0.05, 0.1) is 12.3 Å². The highest BCUT2D eigenvalue weighted by Crippen LogP contribution is 2.27. The third-order valence-corrected chi connectivity index (χ3v) is 4.06. The first-order valence-electron chi connectivity index (χ1n) is 7.78. The topological polar surface area (TPSA) is 42.1 Å². The standard InChI is InChI=1S/C18H15ClF3NO2/c19-12-4-3-11-7-14-16(23-15(11)8-12)9-13(10-17(14)24)25-6-2-1-5-18(20,21)22/h3-4,7-10,23H,1-2,5-6H2. The molecule has 0 saturated carbocycles. The number of alkyl halides is 3. The SMILES string of the molecule is O=c1cc(OCCCCC(F)(F)F)cc2[nH]c3cc(Cl)ccc3cc1-2. The van der Waals surface area contributed by atoms with Crippen LogP contribution in [0, 0.1) is 0 Å². The van der Waals surface area contributed by atoms with Gasteiger partial charge in [-0.25, -0.2) is 0 Å². The smallest absolute Gasteiger partial charge is 0.389 e. The number of rotatable bonds is 5. The van der Waals surface area contributed by atoms with Crippen LogP contribution < -0.4 is 10.2 Å². The van der Waals surface area contributed by atoms with Crippen molar-refractivity contribution in [3.63, 3.8) is 0 Å². The Hall–Kier alpha value is -2.21. The van der Waals surface area contributed by atoms with Gasteiger partial charge in [0.25, 0.3) is 0 Å². The number of hydrogen-bond acceptors (Lipinski definition) is 2. The zero-order valence-electron chi connectivity index (χ0n) is 13.1. The maximum Gasteiger partial charge on any atom is 0.389 e. The third kappa shape index (κ3) is 4.45. The van der Waals surface area contributed by atoms with Gasteiger partial charge in [0.1, 0.15) is 5.75 Å². The Morgan fingerprint density at radius 1 is 1.08 bits per heavy atom. The van der Waals surface area contributed by atoms with Gasteiger partial charge in [-0.3, -0.25) is 4.79 Å². The summed E-state index contributed by atoms with van der Waals surface area (Å²) >= 11 is 5.98. The van der Waals surface area contributed by atoms with Gasteiger partial charge in [-0.15, -0.1) is 0 Å². The fraction of sp³-hybridized carbons (Fsp3) is 0.278. The Bertz CT molecular complexity index is 920. The molecule has 1 aliphatic heterocycles. The summed E-state index contributed by atoms with van der Waals surface area (Å²) in [6.07, 6.45) is -4.72. The van der Waals surface area contributed by atoms with E-state index >= 15 is 0 Å². The minimum absolute atomic E-state index is 0.00340. The lowest BCUT2D eigenvalue weighted by Gasteiger charge is -2.12. The van der Waals surface area contributed by atoms with E-state index in [4.69, 9.17) is 16.3 Å². The van der Waals surface area contributed by atoms with E-state index in [0.717, 1.165) is 10.9 Å². The van der Waals surface area contributed by atoms with Crippen molar-refractivity contribution >= 4 is 22.5 Å². The molecular weight excluding hydrogens is 355 g/mol. The van der Waals surface area contributed by atoms with E-state index in [0.29, 0.717) is 22.0 Å². The van der Waals surface area contributed by atoms with Crippen LogP contribution in [-0.4, -0.2) is 17.8 Å². The number of halogens is 4. The molecule has 0 fully saturated rings. The fourth-order valence-corrected chi connectivity index (χ4v) is 2.79. The number of nitrogens with one attached hydrogen (secondary N) is 1. The van der Waals surface area contributed by atoms with Crippen LogP contribution in [0.4, 0.5) is 13.2 Å². The zero-order valence-corrected chi connectivity index (χ0v) is 13.9. The molecule has 132 valence electrons. The van der Waals surface area contributed by atoms with Gasteiger partial charge in [0.15, 0.2) is 5.43 Å². The highest BCUT2D eigenvalue weighted by atomic mass is 35.5. The maximum absolute atomic E-state index is 12.3.